The van der Waals surface area contributed by atoms with E-state index in [0.29, 0.717) is 18.8 Å². The molecule has 0 fully saturated rings. The van der Waals surface area contributed by atoms with Crippen molar-refractivity contribution in [2.24, 2.45) is 5.73 Å². The van der Waals surface area contributed by atoms with Gasteiger partial charge < -0.3 is 21.4 Å². The lowest BCUT2D eigenvalue weighted by Gasteiger charge is -2.03. The summed E-state index contributed by atoms with van der Waals surface area (Å²) in [5.41, 5.74) is 5.32. The number of nitrogens with two attached hydrogens (primary N) is 1. The molecule has 0 spiro atoms. The van der Waals surface area contributed by atoms with Crippen molar-refractivity contribution in [2.75, 3.05) is 13.1 Å². The third kappa shape index (κ3) is 3.18. The molecule has 0 radical (unpaired) electrons. The molecule has 0 saturated carbocycles. The summed E-state index contributed by atoms with van der Waals surface area (Å²) >= 11 is 0. The Balaban J connectivity index is 2.19. The predicted molar refractivity (Wildman–Crippen MR) is 50.7 cm³/mol. The van der Waals surface area contributed by atoms with Gasteiger partial charge in [0.25, 0.3) is 5.91 Å². The van der Waals surface area contributed by atoms with E-state index >= 15 is 0 Å². The molecular weight excluding hydrogens is 184 g/mol. The number of carbonyl (C=O) groups is 2. The van der Waals surface area contributed by atoms with Gasteiger partial charge in [-0.25, -0.2) is 4.79 Å². The van der Waals surface area contributed by atoms with Gasteiger partial charge in [0.1, 0.15) is 5.69 Å². The monoisotopic (exact) mass is 196 g/mol. The van der Waals surface area contributed by atoms with Crippen molar-refractivity contribution in [3.8, 4) is 0 Å². The molecule has 0 aliphatic carbocycles. The van der Waals surface area contributed by atoms with Crippen LogP contribution < -0.4 is 16.4 Å². The van der Waals surface area contributed by atoms with E-state index in [2.05, 4.69) is 15.6 Å². The Morgan fingerprint density at radius 1 is 1.36 bits per heavy atom. The molecule has 0 saturated heterocycles. The van der Waals surface area contributed by atoms with E-state index in [4.69, 9.17) is 5.73 Å². The van der Waals surface area contributed by atoms with Gasteiger partial charge >= 0.3 is 6.03 Å². The van der Waals surface area contributed by atoms with E-state index in [0.717, 1.165) is 0 Å². The van der Waals surface area contributed by atoms with Gasteiger partial charge in [-0.15, -0.1) is 0 Å². The fourth-order valence-electron chi connectivity index (χ4n) is 0.929. The topological polar surface area (TPSA) is 100 Å². The van der Waals surface area contributed by atoms with E-state index in [1.807, 2.05) is 0 Å². The van der Waals surface area contributed by atoms with Crippen molar-refractivity contribution < 1.29 is 9.59 Å². The van der Waals surface area contributed by atoms with Crippen LogP contribution in [0.15, 0.2) is 18.3 Å². The molecule has 0 bridgehead atoms. The van der Waals surface area contributed by atoms with Gasteiger partial charge in [0.05, 0.1) is 0 Å². The first kappa shape index (κ1) is 10.1. The molecule has 1 heterocycles. The Labute approximate surface area is 80.9 Å². The summed E-state index contributed by atoms with van der Waals surface area (Å²) in [6.45, 7) is 0.669. The molecule has 1 aromatic heterocycles. The Bertz CT molecular complexity index is 307. The van der Waals surface area contributed by atoms with E-state index < -0.39 is 6.03 Å². The fraction of sp³-hybridized carbons (Fsp3) is 0.250. The molecule has 14 heavy (non-hydrogen) atoms. The second-order valence-corrected chi connectivity index (χ2v) is 2.63. The third-order valence-corrected chi connectivity index (χ3v) is 1.55. The summed E-state index contributed by atoms with van der Waals surface area (Å²) in [6, 6.07) is 2.80. The van der Waals surface area contributed by atoms with Gasteiger partial charge in [0.15, 0.2) is 0 Å². The molecule has 1 aromatic rings. The Hall–Kier alpha value is -1.98. The molecule has 0 aliphatic rings. The molecule has 3 amide bonds. The van der Waals surface area contributed by atoms with E-state index in [1.165, 1.54) is 0 Å². The highest BCUT2D eigenvalue weighted by Crippen LogP contribution is 1.92. The number of urea groups is 1. The van der Waals surface area contributed by atoms with Crippen LogP contribution in [0, 0.1) is 0 Å². The van der Waals surface area contributed by atoms with Crippen molar-refractivity contribution in [3.05, 3.63) is 24.0 Å². The molecule has 5 N–H and O–H groups in total. The van der Waals surface area contributed by atoms with Crippen molar-refractivity contribution in [1.82, 2.24) is 15.6 Å². The van der Waals surface area contributed by atoms with Crippen LogP contribution in [0.4, 0.5) is 4.79 Å². The van der Waals surface area contributed by atoms with Crippen molar-refractivity contribution in [3.63, 3.8) is 0 Å². The lowest BCUT2D eigenvalue weighted by molar-refractivity contribution is 0.0949. The Morgan fingerprint density at radius 2 is 2.07 bits per heavy atom. The zero-order valence-corrected chi connectivity index (χ0v) is 7.54. The maximum Gasteiger partial charge on any atom is 0.312 e. The average Bonchev–Trinajstić information content (AvgIpc) is 2.64. The van der Waals surface area contributed by atoms with E-state index in [1.54, 1.807) is 18.3 Å². The quantitative estimate of drug-likeness (QED) is 0.484. The standard InChI is InChI=1S/C8H12N4O2/c9-8(14)12-5-4-11-7(13)6-2-1-3-10-6/h1-3,10H,4-5H2,(H,11,13)(H3,9,12,14). The first-order valence-electron chi connectivity index (χ1n) is 4.15. The van der Waals surface area contributed by atoms with Crippen LogP contribution in [-0.4, -0.2) is 30.0 Å². The number of aromatic nitrogens is 1. The molecule has 6 heteroatoms. The van der Waals surface area contributed by atoms with E-state index in [9.17, 15) is 9.59 Å². The number of carbonyl (C=O) groups excluding carboxylic acids is 2. The summed E-state index contributed by atoms with van der Waals surface area (Å²) in [6.07, 6.45) is 1.66. The molecule has 76 valence electrons. The normalized spacial score (nSPS) is 9.43. The molecule has 6 nitrogen and oxygen atoms in total. The highest BCUT2D eigenvalue weighted by molar-refractivity contribution is 5.92. The molecule has 0 atom stereocenters. The number of amides is 3. The van der Waals surface area contributed by atoms with Crippen LogP contribution in [0.3, 0.4) is 0 Å². The molecule has 0 aromatic carbocycles. The van der Waals surface area contributed by atoms with Crippen LogP contribution in [-0.2, 0) is 0 Å². The third-order valence-electron chi connectivity index (χ3n) is 1.55. The number of rotatable bonds is 4. The number of primary amides is 1. The number of hydrogen-bond donors (Lipinski definition) is 4. The number of nitrogens with one attached hydrogen (secondary N) is 3. The average molecular weight is 196 g/mol. The summed E-state index contributed by atoms with van der Waals surface area (Å²) in [5.74, 6) is -0.207. The lowest BCUT2D eigenvalue weighted by Crippen LogP contribution is -2.37. The first-order valence-corrected chi connectivity index (χ1v) is 4.15. The Kier molecular flexibility index (Phi) is 3.54. The summed E-state index contributed by atoms with van der Waals surface area (Å²) in [7, 11) is 0. The second-order valence-electron chi connectivity index (χ2n) is 2.63. The summed E-state index contributed by atoms with van der Waals surface area (Å²) in [5, 5.41) is 4.96. The highest BCUT2D eigenvalue weighted by Gasteiger charge is 2.03. The minimum Gasteiger partial charge on any atom is -0.357 e. The van der Waals surface area contributed by atoms with Gasteiger partial charge in [-0.3, -0.25) is 4.79 Å². The largest absolute Gasteiger partial charge is 0.357 e. The molecular formula is C8H12N4O2. The summed E-state index contributed by atoms with van der Waals surface area (Å²) in [4.78, 5) is 24.3. The zero-order valence-electron chi connectivity index (χ0n) is 7.54. The number of H-pyrrole nitrogens is 1. The maximum absolute atomic E-state index is 11.3. The van der Waals surface area contributed by atoms with Crippen LogP contribution in [0.1, 0.15) is 10.5 Å². The number of hydrogen-bond acceptors (Lipinski definition) is 2. The van der Waals surface area contributed by atoms with Gasteiger partial charge in [-0.05, 0) is 12.1 Å². The molecule has 0 unspecified atom stereocenters. The number of aromatic amines is 1. The highest BCUT2D eigenvalue weighted by atomic mass is 16.2. The SMILES string of the molecule is NC(=O)NCCNC(=O)c1ccc[nH]1. The van der Waals surface area contributed by atoms with Gasteiger partial charge in [-0.1, -0.05) is 0 Å². The van der Waals surface area contributed by atoms with Gasteiger partial charge in [0.2, 0.25) is 0 Å². The Morgan fingerprint density at radius 3 is 2.64 bits per heavy atom. The lowest BCUT2D eigenvalue weighted by atomic mass is 10.4. The van der Waals surface area contributed by atoms with Crippen LogP contribution >= 0.6 is 0 Å². The zero-order chi connectivity index (χ0) is 10.4. The fourth-order valence-corrected chi connectivity index (χ4v) is 0.929. The smallest absolute Gasteiger partial charge is 0.312 e. The summed E-state index contributed by atoms with van der Waals surface area (Å²) < 4.78 is 0. The minimum absolute atomic E-state index is 0.207. The van der Waals surface area contributed by atoms with E-state index in [-0.39, 0.29) is 5.91 Å². The van der Waals surface area contributed by atoms with Crippen LogP contribution in [0.25, 0.3) is 0 Å². The van der Waals surface area contributed by atoms with Crippen molar-refractivity contribution >= 4 is 11.9 Å². The maximum atomic E-state index is 11.3. The molecule has 0 aliphatic heterocycles. The van der Waals surface area contributed by atoms with Crippen molar-refractivity contribution in [2.45, 2.75) is 0 Å². The predicted octanol–water partition coefficient (Wildman–Crippen LogP) is -0.587. The van der Waals surface area contributed by atoms with Crippen LogP contribution in [0.5, 0.6) is 0 Å². The van der Waals surface area contributed by atoms with Crippen LogP contribution in [0.2, 0.25) is 0 Å². The van der Waals surface area contributed by atoms with Crippen molar-refractivity contribution in [1.29, 1.82) is 0 Å². The molecule has 1 rings (SSSR count). The first-order chi connectivity index (χ1) is 6.70. The van der Waals surface area contributed by atoms with Gasteiger partial charge in [-0.2, -0.15) is 0 Å². The van der Waals surface area contributed by atoms with Gasteiger partial charge in [0, 0.05) is 19.3 Å². The minimum atomic E-state index is -0.598. The second kappa shape index (κ2) is 4.90.